The number of rotatable bonds is 5. The van der Waals surface area contributed by atoms with Crippen molar-refractivity contribution in [3.05, 3.63) is 71.3 Å². The second kappa shape index (κ2) is 8.66. The quantitative estimate of drug-likeness (QED) is 0.550. The van der Waals surface area contributed by atoms with Gasteiger partial charge < -0.3 is 5.11 Å². The molecule has 0 radical (unpaired) electrons. The van der Waals surface area contributed by atoms with Crippen molar-refractivity contribution >= 4 is 5.97 Å². The van der Waals surface area contributed by atoms with Crippen molar-refractivity contribution in [1.82, 2.24) is 14.8 Å². The normalized spacial score (nSPS) is 15.2. The zero-order valence-electron chi connectivity index (χ0n) is 18.6. The summed E-state index contributed by atoms with van der Waals surface area (Å²) in [4.78, 5) is 16.5. The van der Waals surface area contributed by atoms with Gasteiger partial charge in [0.05, 0.1) is 11.1 Å². The number of benzene rings is 2. The van der Waals surface area contributed by atoms with Crippen LogP contribution in [0.2, 0.25) is 0 Å². The Kier molecular flexibility index (Phi) is 5.94. The molecule has 0 saturated heterocycles. The number of hydrogen-bond donors (Lipinski definition) is 1. The maximum atomic E-state index is 11.5. The minimum absolute atomic E-state index is 0.129. The van der Waals surface area contributed by atoms with Crippen LogP contribution >= 0.6 is 0 Å². The van der Waals surface area contributed by atoms with Crippen LogP contribution in [0.15, 0.2) is 48.5 Å². The van der Waals surface area contributed by atoms with Gasteiger partial charge in [-0.2, -0.15) is 5.10 Å². The van der Waals surface area contributed by atoms with E-state index in [1.54, 1.807) is 12.1 Å². The van der Waals surface area contributed by atoms with E-state index in [0.717, 1.165) is 28.3 Å². The second-order valence-electron chi connectivity index (χ2n) is 9.53. The third-order valence-corrected chi connectivity index (χ3v) is 6.08. The van der Waals surface area contributed by atoms with Crippen LogP contribution in [0.5, 0.6) is 0 Å². The molecule has 0 unspecified atom stereocenters. The molecule has 2 aromatic carbocycles. The van der Waals surface area contributed by atoms with Crippen molar-refractivity contribution in [2.45, 2.75) is 70.8 Å². The van der Waals surface area contributed by atoms with Gasteiger partial charge in [0.25, 0.3) is 0 Å². The number of hydrogen-bond acceptors (Lipinski definition) is 3. The van der Waals surface area contributed by atoms with E-state index in [1.165, 1.54) is 32.1 Å². The first-order chi connectivity index (χ1) is 14.8. The number of carbonyl (C=O) groups is 1. The lowest BCUT2D eigenvalue weighted by Crippen LogP contribution is -2.26. The summed E-state index contributed by atoms with van der Waals surface area (Å²) in [7, 11) is 0. The highest BCUT2D eigenvalue weighted by molar-refractivity contribution is 5.95. The van der Waals surface area contributed by atoms with Gasteiger partial charge in [0.1, 0.15) is 5.82 Å². The van der Waals surface area contributed by atoms with Crippen LogP contribution < -0.4 is 0 Å². The Bertz CT molecular complexity index is 1060. The highest BCUT2D eigenvalue weighted by atomic mass is 16.4. The summed E-state index contributed by atoms with van der Waals surface area (Å²) in [6, 6.07) is 15.2. The van der Waals surface area contributed by atoms with Gasteiger partial charge in [0.2, 0.25) is 0 Å². The monoisotopic (exact) mass is 417 g/mol. The predicted octanol–water partition coefficient (Wildman–Crippen LogP) is 6.04. The molecule has 1 N–H and O–H groups in total. The Labute approximate surface area is 184 Å². The van der Waals surface area contributed by atoms with E-state index in [2.05, 4.69) is 37.6 Å². The Balaban J connectivity index is 1.61. The Morgan fingerprint density at radius 1 is 1.03 bits per heavy atom. The Morgan fingerprint density at radius 3 is 2.35 bits per heavy atom. The van der Waals surface area contributed by atoms with Gasteiger partial charge in [0, 0.05) is 12.3 Å². The summed E-state index contributed by atoms with van der Waals surface area (Å²) < 4.78 is 2.09. The molecule has 1 aliphatic rings. The zero-order valence-corrected chi connectivity index (χ0v) is 18.6. The van der Waals surface area contributed by atoms with E-state index in [0.29, 0.717) is 17.9 Å². The average Bonchev–Trinajstić information content (AvgIpc) is 3.19. The van der Waals surface area contributed by atoms with Crippen LogP contribution in [0, 0.1) is 0 Å². The van der Waals surface area contributed by atoms with Crippen molar-refractivity contribution in [3.63, 3.8) is 0 Å². The van der Waals surface area contributed by atoms with Crippen molar-refractivity contribution in [2.24, 2.45) is 0 Å². The fourth-order valence-corrected chi connectivity index (χ4v) is 4.45. The van der Waals surface area contributed by atoms with E-state index >= 15 is 0 Å². The largest absolute Gasteiger partial charge is 0.478 e. The van der Waals surface area contributed by atoms with E-state index in [1.807, 2.05) is 24.3 Å². The van der Waals surface area contributed by atoms with E-state index in [4.69, 9.17) is 10.1 Å². The first-order valence-corrected chi connectivity index (χ1v) is 11.2. The van der Waals surface area contributed by atoms with E-state index in [9.17, 15) is 9.90 Å². The molecule has 0 amide bonds. The summed E-state index contributed by atoms with van der Waals surface area (Å²) >= 11 is 0. The van der Waals surface area contributed by atoms with Crippen LogP contribution in [0.1, 0.15) is 86.4 Å². The van der Waals surface area contributed by atoms with Gasteiger partial charge in [-0.05, 0) is 56.4 Å². The van der Waals surface area contributed by atoms with Crippen LogP contribution in [0.25, 0.3) is 11.1 Å². The topological polar surface area (TPSA) is 68.0 Å². The van der Waals surface area contributed by atoms with Crippen LogP contribution in [0.4, 0.5) is 0 Å². The lowest BCUT2D eigenvalue weighted by atomic mass is 9.89. The molecule has 1 aliphatic carbocycles. The summed E-state index contributed by atoms with van der Waals surface area (Å²) in [6.07, 6.45) is 6.93. The maximum Gasteiger partial charge on any atom is 0.336 e. The number of aromatic nitrogens is 3. The smallest absolute Gasteiger partial charge is 0.336 e. The lowest BCUT2D eigenvalue weighted by Gasteiger charge is -2.22. The Morgan fingerprint density at radius 2 is 1.71 bits per heavy atom. The zero-order chi connectivity index (χ0) is 22.0. The lowest BCUT2D eigenvalue weighted by molar-refractivity contribution is 0.0697. The highest BCUT2D eigenvalue weighted by Crippen LogP contribution is 2.32. The third kappa shape index (κ3) is 4.71. The molecule has 0 atom stereocenters. The van der Waals surface area contributed by atoms with Gasteiger partial charge in [-0.25, -0.2) is 14.5 Å². The first-order valence-electron chi connectivity index (χ1n) is 11.2. The molecule has 5 nitrogen and oxygen atoms in total. The molecular formula is C26H31N3O2. The summed E-state index contributed by atoms with van der Waals surface area (Å²) in [6.45, 7) is 6.51. The number of carboxylic acid groups (broad SMARTS) is 1. The minimum Gasteiger partial charge on any atom is -0.478 e. The van der Waals surface area contributed by atoms with Crippen LogP contribution in [-0.2, 0) is 12.0 Å². The van der Waals surface area contributed by atoms with Crippen molar-refractivity contribution in [1.29, 1.82) is 0 Å². The summed E-state index contributed by atoms with van der Waals surface area (Å²) in [5, 5.41) is 14.4. The molecule has 0 bridgehead atoms. The van der Waals surface area contributed by atoms with Crippen molar-refractivity contribution < 1.29 is 9.90 Å². The molecular weight excluding hydrogens is 386 g/mol. The minimum atomic E-state index is -0.909. The molecule has 31 heavy (non-hydrogen) atoms. The number of carboxylic acids is 1. The number of aromatic carboxylic acids is 1. The molecule has 4 rings (SSSR count). The first kappa shape index (κ1) is 21.3. The summed E-state index contributed by atoms with van der Waals surface area (Å²) in [5.41, 5.74) is 2.97. The molecule has 1 saturated carbocycles. The highest BCUT2D eigenvalue weighted by Gasteiger charge is 2.26. The standard InChI is InChI=1S/C26H31N3O2/c1-26(2,3)29-23(27-24(28-29)20-9-5-4-6-10-20)17-18-13-15-19(16-14-18)21-11-7-8-12-22(21)25(30)31/h7-8,11-16,20H,4-6,9-10,17H2,1-3H3,(H,30,31). The SMILES string of the molecule is CC(C)(C)n1nc(C2CCCCC2)nc1Cc1ccc(-c2ccccc2C(=O)O)cc1. The van der Waals surface area contributed by atoms with Gasteiger partial charge in [-0.1, -0.05) is 61.7 Å². The molecule has 0 aliphatic heterocycles. The molecule has 3 aromatic rings. The van der Waals surface area contributed by atoms with Crippen molar-refractivity contribution in [3.8, 4) is 11.1 Å². The van der Waals surface area contributed by atoms with Crippen LogP contribution in [-0.4, -0.2) is 25.8 Å². The van der Waals surface area contributed by atoms with Crippen molar-refractivity contribution in [2.75, 3.05) is 0 Å². The average molecular weight is 418 g/mol. The van der Waals surface area contributed by atoms with Gasteiger partial charge in [-0.3, -0.25) is 0 Å². The molecule has 0 spiro atoms. The van der Waals surface area contributed by atoms with E-state index < -0.39 is 5.97 Å². The molecule has 1 fully saturated rings. The number of nitrogens with zero attached hydrogens (tertiary/aromatic N) is 3. The fraction of sp³-hybridized carbons (Fsp3) is 0.423. The maximum absolute atomic E-state index is 11.5. The van der Waals surface area contributed by atoms with Crippen LogP contribution in [0.3, 0.4) is 0 Å². The van der Waals surface area contributed by atoms with Gasteiger partial charge >= 0.3 is 5.97 Å². The third-order valence-electron chi connectivity index (χ3n) is 6.08. The predicted molar refractivity (Wildman–Crippen MR) is 122 cm³/mol. The Hall–Kier alpha value is -2.95. The molecule has 5 heteroatoms. The molecule has 162 valence electrons. The van der Waals surface area contributed by atoms with Gasteiger partial charge in [0.15, 0.2) is 5.82 Å². The fourth-order valence-electron chi connectivity index (χ4n) is 4.45. The second-order valence-corrected chi connectivity index (χ2v) is 9.53. The molecule has 1 aromatic heterocycles. The molecule has 1 heterocycles. The summed E-state index contributed by atoms with van der Waals surface area (Å²) in [5.74, 6) is 1.56. The van der Waals surface area contributed by atoms with Gasteiger partial charge in [-0.15, -0.1) is 0 Å². The van der Waals surface area contributed by atoms with E-state index in [-0.39, 0.29) is 5.54 Å².